The number of nitrogens with zero attached hydrogens (tertiary/aromatic N) is 1. The number of aromatic nitrogens is 1. The molecule has 3 heteroatoms. The standard InChI is InChI=1S/C14H21FN2/c15-14-8-13(10-17-11-14)9-16-7-3-6-12-4-1-2-5-12/h8,10-12,16H,1-7,9H2. The van der Waals surface area contributed by atoms with Crippen molar-refractivity contribution >= 4 is 0 Å². The average Bonchev–Trinajstić information content (AvgIpc) is 2.82. The molecule has 17 heavy (non-hydrogen) atoms. The van der Waals surface area contributed by atoms with Crippen molar-refractivity contribution in [2.24, 2.45) is 5.92 Å². The van der Waals surface area contributed by atoms with E-state index in [1.807, 2.05) is 0 Å². The second-order valence-corrected chi connectivity index (χ2v) is 4.98. The predicted octanol–water partition coefficient (Wildman–Crippen LogP) is 3.28. The van der Waals surface area contributed by atoms with Crippen molar-refractivity contribution in [2.75, 3.05) is 6.54 Å². The van der Waals surface area contributed by atoms with E-state index in [-0.39, 0.29) is 5.82 Å². The molecular weight excluding hydrogens is 215 g/mol. The van der Waals surface area contributed by atoms with Crippen LogP contribution in [0.3, 0.4) is 0 Å². The molecule has 0 atom stereocenters. The van der Waals surface area contributed by atoms with Gasteiger partial charge in [0.25, 0.3) is 0 Å². The van der Waals surface area contributed by atoms with Gasteiger partial charge in [-0.15, -0.1) is 0 Å². The third-order valence-corrected chi connectivity index (χ3v) is 3.53. The molecule has 1 N–H and O–H groups in total. The number of hydrogen-bond donors (Lipinski definition) is 1. The Morgan fingerprint density at radius 1 is 1.29 bits per heavy atom. The molecule has 94 valence electrons. The van der Waals surface area contributed by atoms with Crippen LogP contribution in [-0.2, 0) is 6.54 Å². The smallest absolute Gasteiger partial charge is 0.141 e. The maximum Gasteiger partial charge on any atom is 0.141 e. The van der Waals surface area contributed by atoms with Gasteiger partial charge in [-0.25, -0.2) is 4.39 Å². The molecule has 0 radical (unpaired) electrons. The Kier molecular flexibility index (Phi) is 4.92. The minimum absolute atomic E-state index is 0.254. The molecule has 0 bridgehead atoms. The van der Waals surface area contributed by atoms with Crippen LogP contribution in [0.5, 0.6) is 0 Å². The number of pyridine rings is 1. The summed E-state index contributed by atoms with van der Waals surface area (Å²) < 4.78 is 12.9. The van der Waals surface area contributed by atoms with Gasteiger partial charge in [-0.1, -0.05) is 25.7 Å². The van der Waals surface area contributed by atoms with Crippen LogP contribution in [0.2, 0.25) is 0 Å². The van der Waals surface area contributed by atoms with Crippen LogP contribution in [-0.4, -0.2) is 11.5 Å². The van der Waals surface area contributed by atoms with Gasteiger partial charge >= 0.3 is 0 Å². The summed E-state index contributed by atoms with van der Waals surface area (Å²) >= 11 is 0. The third kappa shape index (κ3) is 4.43. The van der Waals surface area contributed by atoms with Gasteiger partial charge in [0.1, 0.15) is 5.82 Å². The van der Waals surface area contributed by atoms with Crippen molar-refractivity contribution in [3.8, 4) is 0 Å². The second-order valence-electron chi connectivity index (χ2n) is 4.98. The SMILES string of the molecule is Fc1cncc(CNCCCC2CCCC2)c1. The summed E-state index contributed by atoms with van der Waals surface area (Å²) in [6.45, 7) is 1.74. The fourth-order valence-corrected chi connectivity index (χ4v) is 2.60. The van der Waals surface area contributed by atoms with E-state index in [4.69, 9.17) is 0 Å². The van der Waals surface area contributed by atoms with Gasteiger partial charge in [-0.05, 0) is 36.9 Å². The maximum absolute atomic E-state index is 12.9. The van der Waals surface area contributed by atoms with E-state index in [9.17, 15) is 4.39 Å². The van der Waals surface area contributed by atoms with Crippen LogP contribution in [0.4, 0.5) is 4.39 Å². The summed E-state index contributed by atoms with van der Waals surface area (Å²) in [5.74, 6) is 0.711. The summed E-state index contributed by atoms with van der Waals surface area (Å²) in [6, 6.07) is 1.54. The van der Waals surface area contributed by atoms with Crippen molar-refractivity contribution < 1.29 is 4.39 Å². The number of halogens is 1. The van der Waals surface area contributed by atoms with E-state index in [0.717, 1.165) is 24.6 Å². The van der Waals surface area contributed by atoms with E-state index in [0.29, 0.717) is 0 Å². The van der Waals surface area contributed by atoms with Crippen molar-refractivity contribution in [3.63, 3.8) is 0 Å². The molecule has 1 fully saturated rings. The first kappa shape index (κ1) is 12.5. The lowest BCUT2D eigenvalue weighted by molar-refractivity contribution is 0.470. The summed E-state index contributed by atoms with van der Waals surface area (Å²) in [6.07, 6.45) is 11.2. The zero-order chi connectivity index (χ0) is 11.9. The molecule has 1 saturated carbocycles. The van der Waals surface area contributed by atoms with Crippen molar-refractivity contribution in [1.82, 2.24) is 10.3 Å². The lowest BCUT2D eigenvalue weighted by Crippen LogP contribution is -2.15. The van der Waals surface area contributed by atoms with Crippen molar-refractivity contribution in [1.29, 1.82) is 0 Å². The summed E-state index contributed by atoms with van der Waals surface area (Å²) in [5.41, 5.74) is 0.922. The van der Waals surface area contributed by atoms with Crippen LogP contribution < -0.4 is 5.32 Å². The quantitative estimate of drug-likeness (QED) is 0.767. The highest BCUT2D eigenvalue weighted by Crippen LogP contribution is 2.28. The fraction of sp³-hybridized carbons (Fsp3) is 0.643. The zero-order valence-electron chi connectivity index (χ0n) is 10.3. The molecule has 1 aliphatic rings. The van der Waals surface area contributed by atoms with Gasteiger partial charge in [0.2, 0.25) is 0 Å². The number of hydrogen-bond acceptors (Lipinski definition) is 2. The zero-order valence-corrected chi connectivity index (χ0v) is 10.3. The first-order valence-corrected chi connectivity index (χ1v) is 6.65. The molecular formula is C14H21FN2. The molecule has 0 unspecified atom stereocenters. The summed E-state index contributed by atoms with van der Waals surface area (Å²) in [7, 11) is 0. The third-order valence-electron chi connectivity index (χ3n) is 3.53. The maximum atomic E-state index is 12.9. The highest BCUT2D eigenvalue weighted by molar-refractivity contribution is 5.09. The average molecular weight is 236 g/mol. The topological polar surface area (TPSA) is 24.9 Å². The van der Waals surface area contributed by atoms with Gasteiger partial charge < -0.3 is 5.32 Å². The molecule has 0 aliphatic heterocycles. The van der Waals surface area contributed by atoms with E-state index >= 15 is 0 Å². The van der Waals surface area contributed by atoms with Crippen LogP contribution in [0.25, 0.3) is 0 Å². The van der Waals surface area contributed by atoms with Crippen LogP contribution >= 0.6 is 0 Å². The monoisotopic (exact) mass is 236 g/mol. The van der Waals surface area contributed by atoms with Crippen LogP contribution in [0.15, 0.2) is 18.5 Å². The molecule has 1 aliphatic carbocycles. The fourth-order valence-electron chi connectivity index (χ4n) is 2.60. The van der Waals surface area contributed by atoms with E-state index < -0.39 is 0 Å². The van der Waals surface area contributed by atoms with E-state index in [2.05, 4.69) is 10.3 Å². The Hall–Kier alpha value is -0.960. The Balaban J connectivity index is 1.56. The molecule has 0 saturated heterocycles. The molecule has 1 heterocycles. The number of nitrogens with one attached hydrogen (secondary N) is 1. The summed E-state index contributed by atoms with van der Waals surface area (Å²) in [4.78, 5) is 3.83. The lowest BCUT2D eigenvalue weighted by atomic mass is 10.0. The Labute approximate surface area is 103 Å². The normalized spacial score (nSPS) is 16.5. The number of rotatable bonds is 6. The van der Waals surface area contributed by atoms with Gasteiger partial charge in [-0.2, -0.15) is 0 Å². The van der Waals surface area contributed by atoms with Crippen LogP contribution in [0.1, 0.15) is 44.1 Å². The largest absolute Gasteiger partial charge is 0.313 e. The van der Waals surface area contributed by atoms with Crippen LogP contribution in [0, 0.1) is 11.7 Å². The molecule has 1 aromatic rings. The highest BCUT2D eigenvalue weighted by Gasteiger charge is 2.13. The van der Waals surface area contributed by atoms with Crippen molar-refractivity contribution in [3.05, 3.63) is 29.8 Å². The Bertz CT molecular complexity index is 335. The van der Waals surface area contributed by atoms with Gasteiger partial charge in [-0.3, -0.25) is 4.98 Å². The molecule has 0 spiro atoms. The second kappa shape index (κ2) is 6.70. The lowest BCUT2D eigenvalue weighted by Gasteiger charge is -2.09. The predicted molar refractivity (Wildman–Crippen MR) is 67.1 cm³/mol. The van der Waals surface area contributed by atoms with Gasteiger partial charge in [0.05, 0.1) is 6.20 Å². The Morgan fingerprint density at radius 2 is 2.12 bits per heavy atom. The molecule has 1 aromatic heterocycles. The molecule has 0 amide bonds. The first-order chi connectivity index (χ1) is 8.34. The Morgan fingerprint density at radius 3 is 2.88 bits per heavy atom. The molecule has 2 nitrogen and oxygen atoms in total. The highest BCUT2D eigenvalue weighted by atomic mass is 19.1. The molecule has 2 rings (SSSR count). The first-order valence-electron chi connectivity index (χ1n) is 6.65. The van der Waals surface area contributed by atoms with E-state index in [1.54, 1.807) is 6.20 Å². The molecule has 0 aromatic carbocycles. The van der Waals surface area contributed by atoms with Gasteiger partial charge in [0.15, 0.2) is 0 Å². The summed E-state index contributed by atoms with van der Waals surface area (Å²) in [5, 5.41) is 3.35. The minimum atomic E-state index is -0.254. The van der Waals surface area contributed by atoms with Crippen molar-refractivity contribution in [2.45, 2.75) is 45.1 Å². The van der Waals surface area contributed by atoms with Gasteiger partial charge in [0, 0.05) is 12.7 Å². The van der Waals surface area contributed by atoms with E-state index in [1.165, 1.54) is 50.8 Å². The minimum Gasteiger partial charge on any atom is -0.313 e.